The van der Waals surface area contributed by atoms with E-state index in [1.807, 2.05) is 12.1 Å². The second kappa shape index (κ2) is 7.47. The number of rotatable bonds is 4. The molecule has 0 bridgehead atoms. The summed E-state index contributed by atoms with van der Waals surface area (Å²) < 4.78 is 5.33. The van der Waals surface area contributed by atoms with E-state index in [0.717, 1.165) is 50.8 Å². The zero-order valence-electron chi connectivity index (χ0n) is 12.6. The molecule has 1 saturated heterocycles. The monoisotopic (exact) mass is 344 g/mol. The van der Waals surface area contributed by atoms with Crippen LogP contribution >= 0.6 is 23.2 Å². The van der Waals surface area contributed by atoms with Crippen molar-refractivity contribution in [1.82, 2.24) is 9.80 Å². The molecular formula is C16H22Cl2N2O2. The van der Waals surface area contributed by atoms with E-state index in [0.29, 0.717) is 18.1 Å². The Morgan fingerprint density at radius 2 is 1.82 bits per heavy atom. The van der Waals surface area contributed by atoms with Crippen molar-refractivity contribution >= 4 is 23.2 Å². The molecule has 1 atom stereocenters. The third-order valence-electron chi connectivity index (χ3n) is 4.37. The lowest BCUT2D eigenvalue weighted by molar-refractivity contribution is 0.00587. The minimum absolute atomic E-state index is 0.339. The molecule has 2 aliphatic heterocycles. The predicted octanol–water partition coefficient (Wildman–Crippen LogP) is 2.04. The number of ether oxygens (including phenoxy) is 1. The number of hydrogen-bond donors (Lipinski definition) is 1. The number of aliphatic hydroxyl groups excluding tert-OH is 1. The summed E-state index contributed by atoms with van der Waals surface area (Å²) in [4.78, 5) is 4.54. The molecule has 6 heteroatoms. The van der Waals surface area contributed by atoms with E-state index >= 15 is 0 Å². The molecule has 1 unspecified atom stereocenters. The molecule has 1 aromatic carbocycles. The first-order valence-corrected chi connectivity index (χ1v) is 8.55. The van der Waals surface area contributed by atoms with Gasteiger partial charge < -0.3 is 9.84 Å². The molecule has 2 heterocycles. The Balaban J connectivity index is 1.55. The van der Waals surface area contributed by atoms with Gasteiger partial charge in [-0.1, -0.05) is 23.2 Å². The molecule has 122 valence electrons. The van der Waals surface area contributed by atoms with Gasteiger partial charge in [0.15, 0.2) is 0 Å². The van der Waals surface area contributed by atoms with Gasteiger partial charge >= 0.3 is 0 Å². The van der Waals surface area contributed by atoms with Gasteiger partial charge in [-0.05, 0) is 29.7 Å². The number of aliphatic hydroxyl groups is 1. The Morgan fingerprint density at radius 1 is 1.09 bits per heavy atom. The summed E-state index contributed by atoms with van der Waals surface area (Å²) >= 11 is 12.4. The van der Waals surface area contributed by atoms with Crippen LogP contribution in [0, 0.1) is 0 Å². The van der Waals surface area contributed by atoms with Crippen molar-refractivity contribution in [2.75, 3.05) is 45.9 Å². The first kappa shape index (κ1) is 16.5. The Labute approximate surface area is 141 Å². The quantitative estimate of drug-likeness (QED) is 0.906. The highest BCUT2D eigenvalue weighted by Gasteiger charge is 2.22. The van der Waals surface area contributed by atoms with Gasteiger partial charge in [-0.15, -0.1) is 0 Å². The van der Waals surface area contributed by atoms with Crippen LogP contribution < -0.4 is 0 Å². The average molecular weight is 345 g/mol. The minimum Gasteiger partial charge on any atom is -0.390 e. The van der Waals surface area contributed by atoms with E-state index in [2.05, 4.69) is 9.80 Å². The molecule has 4 nitrogen and oxygen atoms in total. The Kier molecular flexibility index (Phi) is 5.60. The van der Waals surface area contributed by atoms with Crippen molar-refractivity contribution in [1.29, 1.82) is 0 Å². The number of benzene rings is 1. The molecule has 1 N–H and O–H groups in total. The molecule has 22 heavy (non-hydrogen) atoms. The smallest absolute Gasteiger partial charge is 0.0793 e. The van der Waals surface area contributed by atoms with Crippen LogP contribution in [-0.2, 0) is 17.7 Å². The second-order valence-corrected chi connectivity index (χ2v) is 6.92. The lowest BCUT2D eigenvalue weighted by Gasteiger charge is -2.33. The zero-order valence-corrected chi connectivity index (χ0v) is 14.1. The third kappa shape index (κ3) is 4.13. The van der Waals surface area contributed by atoms with Gasteiger partial charge in [0.25, 0.3) is 0 Å². The van der Waals surface area contributed by atoms with Crippen LogP contribution in [0.25, 0.3) is 0 Å². The summed E-state index contributed by atoms with van der Waals surface area (Å²) in [7, 11) is 0. The van der Waals surface area contributed by atoms with Crippen LogP contribution in [-0.4, -0.2) is 66.9 Å². The van der Waals surface area contributed by atoms with Gasteiger partial charge in [0.2, 0.25) is 0 Å². The Morgan fingerprint density at radius 3 is 2.59 bits per heavy atom. The summed E-state index contributed by atoms with van der Waals surface area (Å²) in [5, 5.41) is 11.8. The van der Waals surface area contributed by atoms with Crippen molar-refractivity contribution < 1.29 is 9.84 Å². The molecular weight excluding hydrogens is 323 g/mol. The normalized spacial score (nSPS) is 21.6. The van der Waals surface area contributed by atoms with Gasteiger partial charge in [-0.3, -0.25) is 9.80 Å². The van der Waals surface area contributed by atoms with Crippen LogP contribution in [0.2, 0.25) is 10.0 Å². The number of halogens is 2. The summed E-state index contributed by atoms with van der Waals surface area (Å²) in [5.41, 5.74) is 2.38. The highest BCUT2D eigenvalue weighted by molar-refractivity contribution is 6.35. The maximum atomic E-state index is 10.3. The lowest BCUT2D eigenvalue weighted by atomic mass is 9.99. The first-order valence-electron chi connectivity index (χ1n) is 7.79. The third-order valence-corrected chi connectivity index (χ3v) is 4.92. The highest BCUT2D eigenvalue weighted by Crippen LogP contribution is 2.29. The summed E-state index contributed by atoms with van der Waals surface area (Å²) in [6, 6.07) is 3.80. The van der Waals surface area contributed by atoms with Crippen LogP contribution in [0.1, 0.15) is 11.1 Å². The maximum Gasteiger partial charge on any atom is 0.0793 e. The summed E-state index contributed by atoms with van der Waals surface area (Å²) in [6.45, 7) is 6.46. The number of hydrogen-bond acceptors (Lipinski definition) is 4. The van der Waals surface area contributed by atoms with Gasteiger partial charge in [0.1, 0.15) is 0 Å². The number of morpholine rings is 1. The van der Waals surface area contributed by atoms with Gasteiger partial charge in [0.05, 0.1) is 19.3 Å². The topological polar surface area (TPSA) is 35.9 Å². The molecule has 0 amide bonds. The van der Waals surface area contributed by atoms with Crippen molar-refractivity contribution in [3.05, 3.63) is 33.3 Å². The molecule has 2 aliphatic rings. The first-order chi connectivity index (χ1) is 10.6. The van der Waals surface area contributed by atoms with Crippen molar-refractivity contribution in [2.45, 2.75) is 19.1 Å². The Hall–Kier alpha value is -0.360. The van der Waals surface area contributed by atoms with Crippen LogP contribution in [0.15, 0.2) is 12.1 Å². The van der Waals surface area contributed by atoms with Crippen molar-refractivity contribution in [3.8, 4) is 0 Å². The zero-order chi connectivity index (χ0) is 15.5. The second-order valence-electron chi connectivity index (χ2n) is 6.08. The molecule has 0 saturated carbocycles. The van der Waals surface area contributed by atoms with Gasteiger partial charge in [-0.25, -0.2) is 0 Å². The standard InChI is InChI=1S/C16H22Cl2N2O2/c17-13-7-12-9-20(2-1-15(12)16(18)8-13)11-14(21)10-19-3-5-22-6-4-19/h7-8,14,21H,1-6,9-11H2. The van der Waals surface area contributed by atoms with Crippen LogP contribution in [0.3, 0.4) is 0 Å². The molecule has 0 aromatic heterocycles. The molecule has 0 radical (unpaired) electrons. The number of nitrogens with zero attached hydrogens (tertiary/aromatic N) is 2. The maximum absolute atomic E-state index is 10.3. The Bertz CT molecular complexity index is 521. The van der Waals surface area contributed by atoms with Crippen molar-refractivity contribution in [3.63, 3.8) is 0 Å². The molecule has 0 aliphatic carbocycles. The lowest BCUT2D eigenvalue weighted by Crippen LogP contribution is -2.45. The van der Waals surface area contributed by atoms with E-state index < -0.39 is 0 Å². The fourth-order valence-corrected chi connectivity index (χ4v) is 3.89. The summed E-state index contributed by atoms with van der Waals surface area (Å²) in [6.07, 6.45) is 0.574. The fourth-order valence-electron chi connectivity index (χ4n) is 3.26. The predicted molar refractivity (Wildman–Crippen MR) is 88.7 cm³/mol. The van der Waals surface area contributed by atoms with Crippen LogP contribution in [0.4, 0.5) is 0 Å². The molecule has 0 spiro atoms. The van der Waals surface area contributed by atoms with Gasteiger partial charge in [-0.2, -0.15) is 0 Å². The minimum atomic E-state index is -0.339. The van der Waals surface area contributed by atoms with E-state index in [9.17, 15) is 5.11 Å². The molecule has 1 fully saturated rings. The van der Waals surface area contributed by atoms with E-state index in [-0.39, 0.29) is 6.10 Å². The van der Waals surface area contributed by atoms with Crippen LogP contribution in [0.5, 0.6) is 0 Å². The number of β-amino-alcohol motifs (C(OH)–C–C–N with tert-alkyl or cyclic N) is 1. The van der Waals surface area contributed by atoms with Crippen molar-refractivity contribution in [2.24, 2.45) is 0 Å². The summed E-state index contributed by atoms with van der Waals surface area (Å²) in [5.74, 6) is 0. The largest absolute Gasteiger partial charge is 0.390 e. The van der Waals surface area contributed by atoms with E-state index in [1.165, 1.54) is 11.1 Å². The molecule has 1 aromatic rings. The van der Waals surface area contributed by atoms with Gasteiger partial charge in [0, 0.05) is 49.3 Å². The van der Waals surface area contributed by atoms with E-state index in [1.54, 1.807) is 0 Å². The average Bonchev–Trinajstić information content (AvgIpc) is 2.47. The SMILES string of the molecule is OC(CN1CCOCC1)CN1CCc2c(Cl)cc(Cl)cc2C1. The highest BCUT2D eigenvalue weighted by atomic mass is 35.5. The van der Waals surface area contributed by atoms with E-state index in [4.69, 9.17) is 27.9 Å². The number of fused-ring (bicyclic) bond motifs is 1. The molecule has 3 rings (SSSR count). The fraction of sp³-hybridized carbons (Fsp3) is 0.625.